The van der Waals surface area contributed by atoms with Crippen molar-refractivity contribution in [3.63, 3.8) is 0 Å². The van der Waals surface area contributed by atoms with Crippen molar-refractivity contribution in [2.45, 2.75) is 26.3 Å². The van der Waals surface area contributed by atoms with E-state index in [1.807, 2.05) is 0 Å². The second kappa shape index (κ2) is 9.42. The van der Waals surface area contributed by atoms with Crippen LogP contribution in [0.1, 0.15) is 35.7 Å². The lowest BCUT2D eigenvalue weighted by molar-refractivity contribution is 0.0951. The number of amides is 3. The van der Waals surface area contributed by atoms with E-state index in [4.69, 9.17) is 0 Å². The highest BCUT2D eigenvalue weighted by Gasteiger charge is 2.06. The smallest absolute Gasteiger partial charge is 0.319 e. The van der Waals surface area contributed by atoms with E-state index >= 15 is 0 Å². The third kappa shape index (κ3) is 6.25. The Morgan fingerprint density at radius 3 is 2.28 bits per heavy atom. The van der Waals surface area contributed by atoms with Gasteiger partial charge in [-0.2, -0.15) is 0 Å². The second-order valence-electron chi connectivity index (χ2n) is 5.62. The summed E-state index contributed by atoms with van der Waals surface area (Å²) in [6.45, 7) is 3.00. The fourth-order valence-electron chi connectivity index (χ4n) is 2.15. The molecule has 0 radical (unpaired) electrons. The molecular formula is C19H22FN3O2. The fourth-order valence-corrected chi connectivity index (χ4v) is 2.15. The van der Waals surface area contributed by atoms with Crippen LogP contribution in [0.5, 0.6) is 0 Å². The van der Waals surface area contributed by atoms with E-state index in [0.717, 1.165) is 18.4 Å². The summed E-state index contributed by atoms with van der Waals surface area (Å²) in [5, 5.41) is 8.24. The van der Waals surface area contributed by atoms with Gasteiger partial charge in [-0.05, 0) is 48.4 Å². The highest BCUT2D eigenvalue weighted by Crippen LogP contribution is 2.10. The van der Waals surface area contributed by atoms with Crippen molar-refractivity contribution in [1.82, 2.24) is 10.6 Å². The standard InChI is InChI=1S/C19H22FN3O2/c1-2-3-12-21-19(25)23-17-10-6-15(7-11-17)18(24)22-13-14-4-8-16(20)9-5-14/h4-11H,2-3,12-13H2,1H3,(H,22,24)(H2,21,23,25). The molecular weight excluding hydrogens is 321 g/mol. The molecule has 0 aromatic heterocycles. The van der Waals surface area contributed by atoms with E-state index in [-0.39, 0.29) is 17.8 Å². The van der Waals surface area contributed by atoms with Crippen molar-refractivity contribution in [3.8, 4) is 0 Å². The van der Waals surface area contributed by atoms with Crippen LogP contribution in [0.15, 0.2) is 48.5 Å². The van der Waals surface area contributed by atoms with Crippen LogP contribution in [-0.2, 0) is 6.54 Å². The highest BCUT2D eigenvalue weighted by molar-refractivity contribution is 5.95. The van der Waals surface area contributed by atoms with Crippen LogP contribution in [0.4, 0.5) is 14.9 Å². The van der Waals surface area contributed by atoms with Crippen molar-refractivity contribution in [1.29, 1.82) is 0 Å². The highest BCUT2D eigenvalue weighted by atomic mass is 19.1. The Labute approximate surface area is 146 Å². The van der Waals surface area contributed by atoms with Gasteiger partial charge in [-0.1, -0.05) is 25.5 Å². The SMILES string of the molecule is CCCCNC(=O)Nc1ccc(C(=O)NCc2ccc(F)cc2)cc1. The third-order valence-corrected chi connectivity index (χ3v) is 3.59. The first kappa shape index (κ1) is 18.4. The Kier molecular flexibility index (Phi) is 6.95. The normalized spacial score (nSPS) is 10.2. The summed E-state index contributed by atoms with van der Waals surface area (Å²) in [5.74, 6) is -0.542. The van der Waals surface area contributed by atoms with Gasteiger partial charge in [-0.25, -0.2) is 9.18 Å². The Hall–Kier alpha value is -2.89. The molecule has 0 bridgehead atoms. The minimum atomic E-state index is -0.308. The van der Waals surface area contributed by atoms with Gasteiger partial charge in [0.15, 0.2) is 0 Å². The molecule has 2 aromatic rings. The second-order valence-corrected chi connectivity index (χ2v) is 5.62. The molecule has 0 aliphatic heterocycles. The van der Waals surface area contributed by atoms with Gasteiger partial charge >= 0.3 is 6.03 Å². The van der Waals surface area contributed by atoms with Gasteiger partial charge in [0, 0.05) is 24.3 Å². The number of unbranched alkanes of at least 4 members (excludes halogenated alkanes) is 1. The maximum Gasteiger partial charge on any atom is 0.319 e. The van der Waals surface area contributed by atoms with Crippen molar-refractivity contribution in [2.75, 3.05) is 11.9 Å². The van der Waals surface area contributed by atoms with E-state index in [2.05, 4.69) is 22.9 Å². The molecule has 0 aliphatic rings. The van der Waals surface area contributed by atoms with Crippen LogP contribution in [0.3, 0.4) is 0 Å². The molecule has 0 aliphatic carbocycles. The monoisotopic (exact) mass is 343 g/mol. The van der Waals surface area contributed by atoms with E-state index in [1.54, 1.807) is 36.4 Å². The first-order chi connectivity index (χ1) is 12.1. The van der Waals surface area contributed by atoms with E-state index in [9.17, 15) is 14.0 Å². The van der Waals surface area contributed by atoms with Gasteiger partial charge in [0.2, 0.25) is 0 Å². The number of halogens is 1. The lowest BCUT2D eigenvalue weighted by Crippen LogP contribution is -2.29. The molecule has 0 heterocycles. The molecule has 132 valence electrons. The lowest BCUT2D eigenvalue weighted by Gasteiger charge is -2.09. The number of urea groups is 1. The van der Waals surface area contributed by atoms with Crippen LogP contribution in [0, 0.1) is 5.82 Å². The van der Waals surface area contributed by atoms with E-state index in [1.165, 1.54) is 12.1 Å². The molecule has 0 saturated carbocycles. The number of carbonyl (C=O) groups excluding carboxylic acids is 2. The zero-order valence-electron chi connectivity index (χ0n) is 14.1. The van der Waals surface area contributed by atoms with Crippen LogP contribution in [-0.4, -0.2) is 18.5 Å². The van der Waals surface area contributed by atoms with Crippen LogP contribution in [0.25, 0.3) is 0 Å². The number of hydrogen-bond acceptors (Lipinski definition) is 2. The zero-order valence-corrected chi connectivity index (χ0v) is 14.1. The summed E-state index contributed by atoms with van der Waals surface area (Å²) in [5.41, 5.74) is 1.92. The van der Waals surface area contributed by atoms with Gasteiger partial charge in [-0.3, -0.25) is 4.79 Å². The van der Waals surface area contributed by atoms with Crippen molar-refractivity contribution in [3.05, 3.63) is 65.5 Å². The third-order valence-electron chi connectivity index (χ3n) is 3.59. The van der Waals surface area contributed by atoms with E-state index < -0.39 is 0 Å². The molecule has 0 atom stereocenters. The topological polar surface area (TPSA) is 70.2 Å². The number of anilines is 1. The maximum atomic E-state index is 12.8. The van der Waals surface area contributed by atoms with Gasteiger partial charge in [-0.15, -0.1) is 0 Å². The summed E-state index contributed by atoms with van der Waals surface area (Å²) < 4.78 is 12.8. The molecule has 5 nitrogen and oxygen atoms in total. The first-order valence-electron chi connectivity index (χ1n) is 8.26. The predicted octanol–water partition coefficient (Wildman–Crippen LogP) is 3.68. The minimum absolute atomic E-state index is 0.233. The fraction of sp³-hybridized carbons (Fsp3) is 0.263. The maximum absolute atomic E-state index is 12.8. The molecule has 3 amide bonds. The van der Waals surface area contributed by atoms with Gasteiger partial charge in [0.05, 0.1) is 0 Å². The van der Waals surface area contributed by atoms with Crippen molar-refractivity contribution < 1.29 is 14.0 Å². The summed E-state index contributed by atoms with van der Waals surface area (Å²) >= 11 is 0. The molecule has 0 unspecified atom stereocenters. The van der Waals surface area contributed by atoms with Gasteiger partial charge in [0.1, 0.15) is 5.82 Å². The molecule has 2 rings (SSSR count). The van der Waals surface area contributed by atoms with Crippen LogP contribution in [0.2, 0.25) is 0 Å². The predicted molar refractivity (Wildman–Crippen MR) is 95.9 cm³/mol. The minimum Gasteiger partial charge on any atom is -0.348 e. The molecule has 25 heavy (non-hydrogen) atoms. The summed E-state index contributed by atoms with van der Waals surface area (Å²) in [6.07, 6.45) is 1.95. The summed E-state index contributed by atoms with van der Waals surface area (Å²) in [6, 6.07) is 12.3. The zero-order chi connectivity index (χ0) is 18.1. The quantitative estimate of drug-likeness (QED) is 0.671. The summed E-state index contributed by atoms with van der Waals surface area (Å²) in [4.78, 5) is 23.8. The van der Waals surface area contributed by atoms with Crippen molar-refractivity contribution >= 4 is 17.6 Å². The van der Waals surface area contributed by atoms with Gasteiger partial charge < -0.3 is 16.0 Å². The number of nitrogens with one attached hydrogen (secondary N) is 3. The number of benzene rings is 2. The lowest BCUT2D eigenvalue weighted by atomic mass is 10.1. The molecule has 0 saturated heterocycles. The Balaban J connectivity index is 1.83. The Morgan fingerprint density at radius 1 is 0.960 bits per heavy atom. The first-order valence-corrected chi connectivity index (χ1v) is 8.26. The van der Waals surface area contributed by atoms with Crippen LogP contribution >= 0.6 is 0 Å². The Morgan fingerprint density at radius 2 is 1.64 bits per heavy atom. The van der Waals surface area contributed by atoms with Crippen molar-refractivity contribution in [2.24, 2.45) is 0 Å². The number of rotatable bonds is 7. The van der Waals surface area contributed by atoms with Crippen LogP contribution < -0.4 is 16.0 Å². The Bertz CT molecular complexity index is 700. The average molecular weight is 343 g/mol. The van der Waals surface area contributed by atoms with Gasteiger partial charge in [0.25, 0.3) is 5.91 Å². The average Bonchev–Trinajstić information content (AvgIpc) is 2.62. The summed E-state index contributed by atoms with van der Waals surface area (Å²) in [7, 11) is 0. The molecule has 6 heteroatoms. The molecule has 0 fully saturated rings. The molecule has 3 N–H and O–H groups in total. The molecule has 2 aromatic carbocycles. The molecule has 0 spiro atoms. The number of hydrogen-bond donors (Lipinski definition) is 3. The number of carbonyl (C=O) groups is 2. The van der Waals surface area contributed by atoms with E-state index in [0.29, 0.717) is 24.3 Å². The largest absolute Gasteiger partial charge is 0.348 e.